The molecule has 2 unspecified atom stereocenters. The Hall–Kier alpha value is -1.01. The number of carbonyl (C=O) groups is 2. The van der Waals surface area contributed by atoms with Crippen LogP contribution in [0.2, 0.25) is 10.0 Å². The molecule has 2 amide bonds. The van der Waals surface area contributed by atoms with Gasteiger partial charge in [-0.3, -0.25) is 9.59 Å². The molecule has 0 saturated carbocycles. The first-order chi connectivity index (χ1) is 12.1. The first kappa shape index (κ1) is 21.3. The van der Waals surface area contributed by atoms with Gasteiger partial charge in [0.2, 0.25) is 5.91 Å². The molecule has 3 rings (SSSR count). The van der Waals surface area contributed by atoms with E-state index in [0.717, 1.165) is 32.4 Å². The smallest absolute Gasteiger partial charge is 0.256 e. The predicted molar refractivity (Wildman–Crippen MR) is 106 cm³/mol. The molecule has 0 spiro atoms. The summed E-state index contributed by atoms with van der Waals surface area (Å²) in [5.41, 5.74) is 0.352. The zero-order valence-corrected chi connectivity index (χ0v) is 16.8. The van der Waals surface area contributed by atoms with E-state index in [9.17, 15) is 9.59 Å². The van der Waals surface area contributed by atoms with Crippen molar-refractivity contribution in [2.24, 2.45) is 5.92 Å². The monoisotopic (exact) mass is 419 g/mol. The molecule has 1 aromatic carbocycles. The Morgan fingerprint density at radius 1 is 1.23 bits per heavy atom. The minimum Gasteiger partial charge on any atom is -0.354 e. The average molecular weight is 421 g/mol. The number of likely N-dealkylation sites (tertiary alicyclic amines) is 1. The van der Waals surface area contributed by atoms with E-state index in [1.807, 2.05) is 0 Å². The highest BCUT2D eigenvalue weighted by Crippen LogP contribution is 2.26. The Bertz CT molecular complexity index is 651. The van der Waals surface area contributed by atoms with Gasteiger partial charge in [-0.15, -0.1) is 12.4 Å². The van der Waals surface area contributed by atoms with E-state index in [4.69, 9.17) is 23.2 Å². The Balaban J connectivity index is 0.00000243. The van der Waals surface area contributed by atoms with Gasteiger partial charge in [0.15, 0.2) is 0 Å². The van der Waals surface area contributed by atoms with Gasteiger partial charge in [0.25, 0.3) is 5.91 Å². The molecular weight excluding hydrogens is 397 g/mol. The van der Waals surface area contributed by atoms with Crippen LogP contribution in [-0.2, 0) is 4.79 Å². The maximum absolute atomic E-state index is 12.8. The first-order valence-electron chi connectivity index (χ1n) is 8.80. The molecule has 0 aromatic heterocycles. The van der Waals surface area contributed by atoms with E-state index >= 15 is 0 Å². The van der Waals surface area contributed by atoms with Crippen molar-refractivity contribution in [3.8, 4) is 0 Å². The molecule has 2 aliphatic rings. The number of hydrogen-bond acceptors (Lipinski definition) is 3. The number of amides is 2. The number of nitrogens with zero attached hydrogens (tertiary/aromatic N) is 1. The number of carbonyl (C=O) groups excluding carboxylic acids is 2. The summed E-state index contributed by atoms with van der Waals surface area (Å²) in [6, 6.07) is 4.39. The largest absolute Gasteiger partial charge is 0.354 e. The van der Waals surface area contributed by atoms with Crippen LogP contribution in [0.25, 0.3) is 0 Å². The lowest BCUT2D eigenvalue weighted by Crippen LogP contribution is -2.48. The number of rotatable bonds is 4. The lowest BCUT2D eigenvalue weighted by Gasteiger charge is -2.27. The van der Waals surface area contributed by atoms with Crippen LogP contribution in [0.1, 0.15) is 36.0 Å². The summed E-state index contributed by atoms with van der Waals surface area (Å²) in [5, 5.41) is 7.18. The normalized spacial score (nSPS) is 22.6. The van der Waals surface area contributed by atoms with Gasteiger partial charge in [-0.1, -0.05) is 23.2 Å². The van der Waals surface area contributed by atoms with Crippen molar-refractivity contribution in [1.29, 1.82) is 0 Å². The summed E-state index contributed by atoms with van der Waals surface area (Å²) in [6.07, 6.45) is 3.76. The average Bonchev–Trinajstić information content (AvgIpc) is 3.12. The highest BCUT2D eigenvalue weighted by atomic mass is 35.5. The topological polar surface area (TPSA) is 61.4 Å². The third-order valence-electron chi connectivity index (χ3n) is 4.94. The van der Waals surface area contributed by atoms with Crippen LogP contribution in [0, 0.1) is 5.92 Å². The summed E-state index contributed by atoms with van der Waals surface area (Å²) < 4.78 is 0. The molecule has 2 saturated heterocycles. The molecule has 1 aromatic rings. The zero-order valence-electron chi connectivity index (χ0n) is 14.5. The van der Waals surface area contributed by atoms with Crippen LogP contribution in [0.5, 0.6) is 0 Å². The summed E-state index contributed by atoms with van der Waals surface area (Å²) >= 11 is 12.1. The van der Waals surface area contributed by atoms with E-state index in [1.165, 1.54) is 0 Å². The molecule has 2 fully saturated rings. The van der Waals surface area contributed by atoms with Gasteiger partial charge in [0.1, 0.15) is 6.04 Å². The van der Waals surface area contributed by atoms with Crippen LogP contribution in [0.15, 0.2) is 18.2 Å². The van der Waals surface area contributed by atoms with E-state index < -0.39 is 6.04 Å². The number of hydrogen-bond donors (Lipinski definition) is 2. The number of benzene rings is 1. The van der Waals surface area contributed by atoms with Crippen molar-refractivity contribution in [3.63, 3.8) is 0 Å². The van der Waals surface area contributed by atoms with Crippen molar-refractivity contribution >= 4 is 47.4 Å². The lowest BCUT2D eigenvalue weighted by molar-refractivity contribution is -0.125. The van der Waals surface area contributed by atoms with Crippen molar-refractivity contribution in [1.82, 2.24) is 15.5 Å². The molecule has 2 N–H and O–H groups in total. The molecule has 0 aliphatic carbocycles. The minimum atomic E-state index is -0.431. The van der Waals surface area contributed by atoms with Crippen LogP contribution in [0.4, 0.5) is 0 Å². The molecule has 5 nitrogen and oxygen atoms in total. The van der Waals surface area contributed by atoms with Crippen molar-refractivity contribution in [3.05, 3.63) is 33.8 Å². The van der Waals surface area contributed by atoms with Gasteiger partial charge >= 0.3 is 0 Å². The highest BCUT2D eigenvalue weighted by Gasteiger charge is 2.35. The van der Waals surface area contributed by atoms with E-state index in [0.29, 0.717) is 41.0 Å². The van der Waals surface area contributed by atoms with E-state index in [-0.39, 0.29) is 24.2 Å². The Morgan fingerprint density at radius 2 is 2.04 bits per heavy atom. The summed E-state index contributed by atoms with van der Waals surface area (Å²) in [7, 11) is 0. The maximum Gasteiger partial charge on any atom is 0.256 e. The molecule has 2 aliphatic heterocycles. The molecule has 26 heavy (non-hydrogen) atoms. The molecule has 2 atom stereocenters. The van der Waals surface area contributed by atoms with Crippen LogP contribution in [0.3, 0.4) is 0 Å². The van der Waals surface area contributed by atoms with Crippen molar-refractivity contribution in [2.75, 3.05) is 26.2 Å². The fraction of sp³-hybridized carbons (Fsp3) is 0.556. The molecule has 144 valence electrons. The summed E-state index contributed by atoms with van der Waals surface area (Å²) in [6.45, 7) is 3.20. The Morgan fingerprint density at radius 3 is 2.77 bits per heavy atom. The third kappa shape index (κ3) is 5.03. The van der Waals surface area contributed by atoms with Gasteiger partial charge in [-0.05, 0) is 62.9 Å². The second-order valence-corrected chi connectivity index (χ2v) is 7.58. The maximum atomic E-state index is 12.8. The molecule has 0 bridgehead atoms. The molecular formula is C18H24Cl3N3O2. The minimum absolute atomic E-state index is 0. The summed E-state index contributed by atoms with van der Waals surface area (Å²) in [4.78, 5) is 27.1. The van der Waals surface area contributed by atoms with Gasteiger partial charge in [0.05, 0.1) is 10.6 Å². The van der Waals surface area contributed by atoms with Crippen molar-refractivity contribution < 1.29 is 9.59 Å². The van der Waals surface area contributed by atoms with Crippen LogP contribution < -0.4 is 10.6 Å². The second kappa shape index (κ2) is 9.79. The highest BCUT2D eigenvalue weighted by molar-refractivity contribution is 6.35. The summed E-state index contributed by atoms with van der Waals surface area (Å²) in [5.74, 6) is 0.157. The second-order valence-electron chi connectivity index (χ2n) is 6.74. The van der Waals surface area contributed by atoms with Crippen LogP contribution in [-0.4, -0.2) is 48.9 Å². The Labute approximate surface area is 170 Å². The quantitative estimate of drug-likeness (QED) is 0.786. The fourth-order valence-electron chi connectivity index (χ4n) is 3.56. The van der Waals surface area contributed by atoms with Crippen molar-refractivity contribution in [2.45, 2.75) is 31.7 Å². The predicted octanol–water partition coefficient (Wildman–Crippen LogP) is 3.14. The lowest BCUT2D eigenvalue weighted by atomic mass is 9.99. The molecule has 0 radical (unpaired) electrons. The first-order valence-corrected chi connectivity index (χ1v) is 9.56. The van der Waals surface area contributed by atoms with Gasteiger partial charge in [-0.25, -0.2) is 0 Å². The van der Waals surface area contributed by atoms with Gasteiger partial charge in [-0.2, -0.15) is 0 Å². The Kier molecular flexibility index (Phi) is 8.02. The van der Waals surface area contributed by atoms with Gasteiger partial charge < -0.3 is 15.5 Å². The van der Waals surface area contributed by atoms with Gasteiger partial charge in [0, 0.05) is 18.1 Å². The van der Waals surface area contributed by atoms with E-state index in [1.54, 1.807) is 23.1 Å². The number of nitrogens with one attached hydrogen (secondary N) is 2. The molecule has 8 heteroatoms. The van der Waals surface area contributed by atoms with Crippen LogP contribution >= 0.6 is 35.6 Å². The third-order valence-corrected chi connectivity index (χ3v) is 5.50. The molecule has 2 heterocycles. The fourth-order valence-corrected chi connectivity index (χ4v) is 3.93. The zero-order chi connectivity index (χ0) is 17.8. The number of piperidine rings is 1. The SMILES string of the molecule is Cl.O=C(NCC1CCCNC1)C1CCCN1C(=O)c1cc(Cl)ccc1Cl. The number of halogens is 3. The van der Waals surface area contributed by atoms with E-state index in [2.05, 4.69) is 10.6 Å². The standard InChI is InChI=1S/C18H23Cl2N3O2.ClH/c19-13-5-6-15(20)14(9-13)18(25)23-8-2-4-16(23)17(24)22-11-12-3-1-7-21-10-12;/h5-6,9,12,16,21H,1-4,7-8,10-11H2,(H,22,24);1H.